The summed E-state index contributed by atoms with van der Waals surface area (Å²) in [6, 6.07) is 3.52. The number of ether oxygens (including phenoxy) is 1. The number of nitrogens with one attached hydrogen (secondary N) is 1. The Morgan fingerprint density at radius 2 is 2.15 bits per heavy atom. The van der Waals surface area contributed by atoms with E-state index in [1.165, 1.54) is 25.3 Å². The van der Waals surface area contributed by atoms with E-state index in [4.69, 9.17) is 10.5 Å². The van der Waals surface area contributed by atoms with Gasteiger partial charge in [-0.1, -0.05) is 13.8 Å². The van der Waals surface area contributed by atoms with Gasteiger partial charge >= 0.3 is 0 Å². The zero-order valence-corrected chi connectivity index (χ0v) is 11.8. The van der Waals surface area contributed by atoms with Gasteiger partial charge in [-0.25, -0.2) is 0 Å². The van der Waals surface area contributed by atoms with Crippen LogP contribution in [0.4, 0.5) is 11.4 Å². The maximum Gasteiger partial charge on any atom is 0.296 e. The first-order chi connectivity index (χ1) is 9.35. The van der Waals surface area contributed by atoms with Crippen LogP contribution in [0.25, 0.3) is 0 Å². The number of hydrogen-bond donors (Lipinski definition) is 2. The summed E-state index contributed by atoms with van der Waals surface area (Å²) in [7, 11) is 1.41. The van der Waals surface area contributed by atoms with Gasteiger partial charge in [0.05, 0.1) is 24.1 Å². The Morgan fingerprint density at radius 3 is 2.65 bits per heavy atom. The van der Waals surface area contributed by atoms with E-state index in [2.05, 4.69) is 5.32 Å². The largest absolute Gasteiger partial charge is 0.496 e. The van der Waals surface area contributed by atoms with Crippen molar-refractivity contribution in [1.29, 1.82) is 0 Å². The molecule has 7 heteroatoms. The summed E-state index contributed by atoms with van der Waals surface area (Å²) in [5, 5.41) is 13.5. The molecule has 3 N–H and O–H groups in total. The molecule has 20 heavy (non-hydrogen) atoms. The van der Waals surface area contributed by atoms with E-state index < -0.39 is 16.9 Å². The molecule has 0 unspecified atom stereocenters. The highest BCUT2D eigenvalue weighted by atomic mass is 16.6. The van der Waals surface area contributed by atoms with Crippen molar-refractivity contribution < 1.29 is 14.5 Å². The standard InChI is InChI=1S/C13H19N3O4/c1-8(2)6-10(14)13(17)15-11-5-4-9(20-3)7-12(11)16(18)19/h4-5,7-8,10H,6,14H2,1-3H3,(H,15,17)/t10-/m1/s1. The Balaban J connectivity index is 2.91. The minimum Gasteiger partial charge on any atom is -0.496 e. The summed E-state index contributed by atoms with van der Waals surface area (Å²) in [5.41, 5.74) is 5.63. The Morgan fingerprint density at radius 1 is 1.50 bits per heavy atom. The monoisotopic (exact) mass is 281 g/mol. The number of rotatable bonds is 6. The zero-order chi connectivity index (χ0) is 15.3. The fourth-order valence-electron chi connectivity index (χ4n) is 1.74. The Labute approximate surface area is 117 Å². The van der Waals surface area contributed by atoms with Crippen molar-refractivity contribution in [2.24, 2.45) is 11.7 Å². The first-order valence-corrected chi connectivity index (χ1v) is 6.24. The summed E-state index contributed by atoms with van der Waals surface area (Å²) in [5.74, 6) is 0.176. The first-order valence-electron chi connectivity index (χ1n) is 6.24. The predicted molar refractivity (Wildman–Crippen MR) is 75.7 cm³/mol. The van der Waals surface area contributed by atoms with Crippen LogP contribution in [0.15, 0.2) is 18.2 Å². The summed E-state index contributed by atoms with van der Waals surface area (Å²) < 4.78 is 4.92. The molecule has 7 nitrogen and oxygen atoms in total. The van der Waals surface area contributed by atoms with Gasteiger partial charge in [0.15, 0.2) is 0 Å². The number of methoxy groups -OCH3 is 1. The Hall–Kier alpha value is -2.15. The molecular formula is C13H19N3O4. The number of carbonyl (C=O) groups is 1. The summed E-state index contributed by atoms with van der Waals surface area (Å²) >= 11 is 0. The van der Waals surface area contributed by atoms with Crippen LogP contribution in [0.1, 0.15) is 20.3 Å². The van der Waals surface area contributed by atoms with Crippen LogP contribution in [-0.4, -0.2) is 24.0 Å². The normalized spacial score (nSPS) is 12.1. The fraction of sp³-hybridized carbons (Fsp3) is 0.462. The Bertz CT molecular complexity index is 502. The van der Waals surface area contributed by atoms with Crippen molar-refractivity contribution in [3.05, 3.63) is 28.3 Å². The predicted octanol–water partition coefficient (Wildman–Crippen LogP) is 1.92. The molecule has 0 heterocycles. The molecule has 0 aliphatic carbocycles. The van der Waals surface area contributed by atoms with Crippen LogP contribution in [0.2, 0.25) is 0 Å². The average Bonchev–Trinajstić information content (AvgIpc) is 2.37. The van der Waals surface area contributed by atoms with Crippen molar-refractivity contribution >= 4 is 17.3 Å². The second-order valence-electron chi connectivity index (χ2n) is 4.87. The van der Waals surface area contributed by atoms with Crippen molar-refractivity contribution in [2.45, 2.75) is 26.3 Å². The van der Waals surface area contributed by atoms with E-state index in [9.17, 15) is 14.9 Å². The van der Waals surface area contributed by atoms with Gasteiger partial charge in [0.25, 0.3) is 5.69 Å². The SMILES string of the molecule is COc1ccc(NC(=O)[C@H](N)CC(C)C)c([N+](=O)[O-])c1. The van der Waals surface area contributed by atoms with Crippen LogP contribution in [-0.2, 0) is 4.79 Å². The number of nitrogens with two attached hydrogens (primary N) is 1. The van der Waals surface area contributed by atoms with Gasteiger partial charge in [0.2, 0.25) is 5.91 Å². The van der Waals surface area contributed by atoms with Gasteiger partial charge in [-0.05, 0) is 24.5 Å². The molecule has 1 atom stereocenters. The van der Waals surface area contributed by atoms with Crippen molar-refractivity contribution in [1.82, 2.24) is 0 Å². The molecule has 1 rings (SSSR count). The smallest absolute Gasteiger partial charge is 0.296 e. The third-order valence-corrected chi connectivity index (χ3v) is 2.72. The number of nitro benzene ring substituents is 1. The lowest BCUT2D eigenvalue weighted by molar-refractivity contribution is -0.384. The molecule has 110 valence electrons. The van der Waals surface area contributed by atoms with Crippen LogP contribution < -0.4 is 15.8 Å². The molecule has 0 radical (unpaired) electrons. The highest BCUT2D eigenvalue weighted by Crippen LogP contribution is 2.29. The van der Waals surface area contributed by atoms with Gasteiger partial charge in [-0.3, -0.25) is 14.9 Å². The molecule has 1 amide bonds. The fourth-order valence-corrected chi connectivity index (χ4v) is 1.74. The van der Waals surface area contributed by atoms with Gasteiger partial charge < -0.3 is 15.8 Å². The minimum absolute atomic E-state index is 0.111. The van der Waals surface area contributed by atoms with Crippen molar-refractivity contribution in [3.8, 4) is 5.75 Å². The number of nitro groups is 1. The van der Waals surface area contributed by atoms with Crippen LogP contribution in [0.5, 0.6) is 5.75 Å². The molecule has 0 saturated carbocycles. The molecule has 0 aliphatic rings. The molecular weight excluding hydrogens is 262 g/mol. The maximum absolute atomic E-state index is 11.9. The summed E-state index contributed by atoms with van der Waals surface area (Å²) in [4.78, 5) is 22.3. The topological polar surface area (TPSA) is 107 Å². The minimum atomic E-state index is -0.697. The Kier molecular flexibility index (Phi) is 5.45. The van der Waals surface area contributed by atoms with Crippen LogP contribution in [0.3, 0.4) is 0 Å². The van der Waals surface area contributed by atoms with Crippen LogP contribution >= 0.6 is 0 Å². The second kappa shape index (κ2) is 6.85. The molecule has 0 aromatic heterocycles. The average molecular weight is 281 g/mol. The molecule has 0 bridgehead atoms. The lowest BCUT2D eigenvalue weighted by Gasteiger charge is -2.14. The highest BCUT2D eigenvalue weighted by molar-refractivity contribution is 5.96. The second-order valence-corrected chi connectivity index (χ2v) is 4.87. The lowest BCUT2D eigenvalue weighted by Crippen LogP contribution is -2.36. The number of carbonyl (C=O) groups excluding carboxylic acids is 1. The van der Waals surface area contributed by atoms with E-state index in [0.29, 0.717) is 12.2 Å². The van der Waals surface area contributed by atoms with E-state index in [0.717, 1.165) is 0 Å². The lowest BCUT2D eigenvalue weighted by atomic mass is 10.0. The summed E-state index contributed by atoms with van der Waals surface area (Å²) in [6.45, 7) is 3.89. The van der Waals surface area contributed by atoms with Gasteiger partial charge in [0.1, 0.15) is 11.4 Å². The molecule has 0 saturated heterocycles. The van der Waals surface area contributed by atoms with Crippen LogP contribution in [0, 0.1) is 16.0 Å². The first kappa shape index (κ1) is 15.9. The number of amides is 1. The molecule has 1 aromatic rings. The number of nitrogens with zero attached hydrogens (tertiary/aromatic N) is 1. The molecule has 1 aromatic carbocycles. The number of benzene rings is 1. The number of hydrogen-bond acceptors (Lipinski definition) is 5. The van der Waals surface area contributed by atoms with E-state index in [-0.39, 0.29) is 17.3 Å². The van der Waals surface area contributed by atoms with Gasteiger partial charge in [-0.15, -0.1) is 0 Å². The van der Waals surface area contributed by atoms with E-state index in [1.807, 2.05) is 13.8 Å². The zero-order valence-electron chi connectivity index (χ0n) is 11.8. The highest BCUT2D eigenvalue weighted by Gasteiger charge is 2.20. The number of anilines is 1. The molecule has 0 spiro atoms. The van der Waals surface area contributed by atoms with Crippen molar-refractivity contribution in [2.75, 3.05) is 12.4 Å². The quantitative estimate of drug-likeness (QED) is 0.611. The van der Waals surface area contributed by atoms with E-state index >= 15 is 0 Å². The molecule has 0 aliphatic heterocycles. The third-order valence-electron chi connectivity index (χ3n) is 2.72. The summed E-state index contributed by atoms with van der Waals surface area (Å²) in [6.07, 6.45) is 0.510. The van der Waals surface area contributed by atoms with E-state index in [1.54, 1.807) is 0 Å². The van der Waals surface area contributed by atoms with Crippen molar-refractivity contribution in [3.63, 3.8) is 0 Å². The van der Waals surface area contributed by atoms with Gasteiger partial charge in [0, 0.05) is 0 Å². The molecule has 0 fully saturated rings. The third kappa shape index (κ3) is 4.20. The maximum atomic E-state index is 11.9. The van der Waals surface area contributed by atoms with Gasteiger partial charge in [-0.2, -0.15) is 0 Å².